The molecule has 0 bridgehead atoms. The molecule has 31 heavy (non-hydrogen) atoms. The maximum Gasteiger partial charge on any atom is 0.336 e. The fourth-order valence-electron chi connectivity index (χ4n) is 4.37. The van der Waals surface area contributed by atoms with E-state index in [-0.39, 0.29) is 35.4 Å². The lowest BCUT2D eigenvalue weighted by Gasteiger charge is -2.38. The normalized spacial score (nSPS) is 23.1. The van der Waals surface area contributed by atoms with E-state index in [4.69, 9.17) is 14.2 Å². The van der Waals surface area contributed by atoms with Gasteiger partial charge in [-0.3, -0.25) is 9.59 Å². The van der Waals surface area contributed by atoms with Crippen LogP contribution in [0.4, 0.5) is 0 Å². The standard InChI is InChI=1S/C23H27NO7/c1-6-31-23(28)18-12(3)24-14-9-11(2)17(22(27)30-5)21(26)20(14)19(18)13-7-8-15(25)16(10-13)29-4/h7-8,10-11,17,19,24-25H,6,9H2,1-5H3/t11-,17-,19-/m1/s1. The van der Waals surface area contributed by atoms with Gasteiger partial charge in [-0.2, -0.15) is 0 Å². The number of allylic oxidation sites excluding steroid dienone is 3. The number of ether oxygens (including phenoxy) is 3. The molecule has 3 atom stereocenters. The molecule has 1 heterocycles. The van der Waals surface area contributed by atoms with Crippen molar-refractivity contribution in [1.29, 1.82) is 0 Å². The summed E-state index contributed by atoms with van der Waals surface area (Å²) < 4.78 is 15.4. The Labute approximate surface area is 180 Å². The number of rotatable bonds is 5. The number of aromatic hydroxyl groups is 1. The molecule has 3 rings (SSSR count). The maximum absolute atomic E-state index is 13.6. The number of hydrogen-bond donors (Lipinski definition) is 2. The average Bonchev–Trinajstić information content (AvgIpc) is 2.73. The first-order valence-corrected chi connectivity index (χ1v) is 10.1. The van der Waals surface area contributed by atoms with Crippen molar-refractivity contribution in [2.24, 2.45) is 11.8 Å². The lowest BCUT2D eigenvalue weighted by atomic mass is 9.69. The van der Waals surface area contributed by atoms with Crippen LogP contribution in [0.5, 0.6) is 11.5 Å². The molecule has 0 fully saturated rings. The zero-order chi connectivity index (χ0) is 22.9. The van der Waals surface area contributed by atoms with Crippen LogP contribution in [0.2, 0.25) is 0 Å². The molecule has 2 N–H and O–H groups in total. The Morgan fingerprint density at radius 1 is 1.26 bits per heavy atom. The number of phenolic OH excluding ortho intramolecular Hbond substituents is 1. The van der Waals surface area contributed by atoms with Crippen LogP contribution in [-0.2, 0) is 23.9 Å². The summed E-state index contributed by atoms with van der Waals surface area (Å²) in [5.41, 5.74) is 2.42. The third-order valence-corrected chi connectivity index (χ3v) is 5.78. The molecule has 0 spiro atoms. The third-order valence-electron chi connectivity index (χ3n) is 5.78. The minimum absolute atomic E-state index is 0.0659. The van der Waals surface area contributed by atoms with Crippen molar-refractivity contribution in [3.8, 4) is 11.5 Å². The van der Waals surface area contributed by atoms with Crippen molar-refractivity contribution >= 4 is 17.7 Å². The first-order valence-electron chi connectivity index (χ1n) is 10.1. The molecule has 8 nitrogen and oxygen atoms in total. The van der Waals surface area contributed by atoms with Gasteiger partial charge < -0.3 is 24.6 Å². The fourth-order valence-corrected chi connectivity index (χ4v) is 4.37. The van der Waals surface area contributed by atoms with E-state index in [0.29, 0.717) is 29.0 Å². The Bertz CT molecular complexity index is 992. The molecule has 1 aromatic carbocycles. The molecule has 0 unspecified atom stereocenters. The molecule has 1 aliphatic carbocycles. The van der Waals surface area contributed by atoms with E-state index in [1.54, 1.807) is 26.0 Å². The van der Waals surface area contributed by atoms with Gasteiger partial charge in [-0.25, -0.2) is 4.79 Å². The van der Waals surface area contributed by atoms with Crippen molar-refractivity contribution in [1.82, 2.24) is 5.32 Å². The van der Waals surface area contributed by atoms with Crippen molar-refractivity contribution < 1.29 is 33.7 Å². The summed E-state index contributed by atoms with van der Waals surface area (Å²) in [5.74, 6) is -3.42. The number of ketones is 1. The van der Waals surface area contributed by atoms with E-state index in [1.807, 2.05) is 6.92 Å². The zero-order valence-corrected chi connectivity index (χ0v) is 18.3. The van der Waals surface area contributed by atoms with Gasteiger partial charge in [0.1, 0.15) is 5.92 Å². The summed E-state index contributed by atoms with van der Waals surface area (Å²) in [4.78, 5) is 38.8. The maximum atomic E-state index is 13.6. The second-order valence-electron chi connectivity index (χ2n) is 7.69. The third kappa shape index (κ3) is 3.89. The number of methoxy groups -OCH3 is 2. The summed E-state index contributed by atoms with van der Waals surface area (Å²) in [7, 11) is 2.67. The molecule has 0 radical (unpaired) electrons. The largest absolute Gasteiger partial charge is 0.504 e. The van der Waals surface area contributed by atoms with Gasteiger partial charge in [-0.05, 0) is 43.9 Å². The number of Topliss-reactive ketones (excluding diaryl/α,β-unsaturated/α-hetero) is 1. The molecule has 0 saturated heterocycles. The van der Waals surface area contributed by atoms with Gasteiger partial charge in [0, 0.05) is 22.9 Å². The van der Waals surface area contributed by atoms with Gasteiger partial charge in [0.2, 0.25) is 0 Å². The molecule has 1 aromatic rings. The molecule has 166 valence electrons. The monoisotopic (exact) mass is 429 g/mol. The first kappa shape index (κ1) is 22.4. The van der Waals surface area contributed by atoms with Crippen LogP contribution in [0, 0.1) is 11.8 Å². The van der Waals surface area contributed by atoms with Crippen molar-refractivity contribution in [3.63, 3.8) is 0 Å². The molecule has 0 aromatic heterocycles. The quantitative estimate of drug-likeness (QED) is 0.543. The highest BCUT2D eigenvalue weighted by molar-refractivity contribution is 6.12. The number of nitrogens with one attached hydrogen (secondary N) is 1. The highest BCUT2D eigenvalue weighted by Gasteiger charge is 2.47. The Hall–Kier alpha value is -3.29. The van der Waals surface area contributed by atoms with Gasteiger partial charge in [0.15, 0.2) is 17.3 Å². The Kier molecular flexibility index (Phi) is 6.38. The van der Waals surface area contributed by atoms with Crippen molar-refractivity contribution in [3.05, 3.63) is 46.3 Å². The first-order chi connectivity index (χ1) is 14.7. The lowest BCUT2D eigenvalue weighted by Crippen LogP contribution is -2.43. The van der Waals surface area contributed by atoms with Gasteiger partial charge in [0.25, 0.3) is 0 Å². The number of carbonyl (C=O) groups excluding carboxylic acids is 3. The Morgan fingerprint density at radius 2 is 1.97 bits per heavy atom. The van der Waals surface area contributed by atoms with E-state index in [2.05, 4.69) is 5.32 Å². The molecule has 0 saturated carbocycles. The van der Waals surface area contributed by atoms with Gasteiger partial charge >= 0.3 is 11.9 Å². The number of hydrogen-bond acceptors (Lipinski definition) is 8. The summed E-state index contributed by atoms with van der Waals surface area (Å²) >= 11 is 0. The number of carbonyl (C=O) groups is 3. The predicted molar refractivity (Wildman–Crippen MR) is 111 cm³/mol. The van der Waals surface area contributed by atoms with Crippen molar-refractivity contribution in [2.75, 3.05) is 20.8 Å². The van der Waals surface area contributed by atoms with E-state index in [0.717, 1.165) is 0 Å². The SMILES string of the molecule is CCOC(=O)C1=C(C)NC2=C(C(=O)[C@H](C(=O)OC)[C@H](C)C2)[C@@H]1c1ccc(O)c(OC)c1. The molecule has 0 amide bonds. The Balaban J connectivity index is 2.22. The van der Waals surface area contributed by atoms with Crippen LogP contribution in [0.15, 0.2) is 40.7 Å². The van der Waals surface area contributed by atoms with E-state index >= 15 is 0 Å². The fraction of sp³-hybridized carbons (Fsp3) is 0.435. The van der Waals surface area contributed by atoms with Crippen LogP contribution in [0.3, 0.4) is 0 Å². The summed E-state index contributed by atoms with van der Waals surface area (Å²) in [6.45, 7) is 5.45. The van der Waals surface area contributed by atoms with E-state index in [9.17, 15) is 19.5 Å². The lowest BCUT2D eigenvalue weighted by molar-refractivity contribution is -0.151. The second-order valence-corrected chi connectivity index (χ2v) is 7.69. The van der Waals surface area contributed by atoms with E-state index in [1.165, 1.54) is 20.3 Å². The molecule has 2 aliphatic rings. The summed E-state index contributed by atoms with van der Waals surface area (Å²) in [5, 5.41) is 13.2. The number of esters is 2. The minimum atomic E-state index is -0.964. The summed E-state index contributed by atoms with van der Waals surface area (Å²) in [6.07, 6.45) is 0.444. The van der Waals surface area contributed by atoms with E-state index < -0.39 is 23.8 Å². The second kappa shape index (κ2) is 8.83. The number of benzene rings is 1. The topological polar surface area (TPSA) is 111 Å². The number of phenols is 1. The van der Waals surface area contributed by atoms with Crippen LogP contribution < -0.4 is 10.1 Å². The summed E-state index contributed by atoms with van der Waals surface area (Å²) in [6, 6.07) is 4.66. The Morgan fingerprint density at radius 3 is 2.58 bits per heavy atom. The molecule has 8 heteroatoms. The molecular formula is C23H27NO7. The van der Waals surface area contributed by atoms with Gasteiger partial charge in [0.05, 0.1) is 26.4 Å². The van der Waals surface area contributed by atoms with Gasteiger partial charge in [-0.15, -0.1) is 0 Å². The van der Waals surface area contributed by atoms with Crippen LogP contribution >= 0.6 is 0 Å². The molecule has 1 aliphatic heterocycles. The highest BCUT2D eigenvalue weighted by Crippen LogP contribution is 2.46. The van der Waals surface area contributed by atoms with Crippen molar-refractivity contribution in [2.45, 2.75) is 33.1 Å². The predicted octanol–water partition coefficient (Wildman–Crippen LogP) is 2.58. The smallest absolute Gasteiger partial charge is 0.336 e. The zero-order valence-electron chi connectivity index (χ0n) is 18.3. The van der Waals surface area contributed by atoms with Gasteiger partial charge in [-0.1, -0.05) is 13.0 Å². The van der Waals surface area contributed by atoms with Crippen LogP contribution in [0.1, 0.15) is 38.7 Å². The highest BCUT2D eigenvalue weighted by atomic mass is 16.5. The molecular weight excluding hydrogens is 402 g/mol. The minimum Gasteiger partial charge on any atom is -0.504 e. The number of dihydropyridines is 1. The van der Waals surface area contributed by atoms with Crippen LogP contribution in [-0.4, -0.2) is 43.7 Å². The average molecular weight is 429 g/mol. The van der Waals surface area contributed by atoms with Crippen LogP contribution in [0.25, 0.3) is 0 Å².